The molecule has 2 rings (SSSR count). The first-order chi connectivity index (χ1) is 6.29. The molecule has 1 heterocycles. The molecule has 2 nitrogen and oxygen atoms in total. The largest absolute Gasteiger partial charge is 0.461 e. The van der Waals surface area contributed by atoms with Gasteiger partial charge >= 0.3 is 0 Å². The van der Waals surface area contributed by atoms with Crippen LogP contribution >= 0.6 is 0 Å². The Morgan fingerprint density at radius 3 is 2.92 bits per heavy atom. The van der Waals surface area contributed by atoms with Crippen LogP contribution in [0.4, 0.5) is 0 Å². The van der Waals surface area contributed by atoms with E-state index in [1.807, 2.05) is 18.2 Å². The Morgan fingerprint density at radius 1 is 1.31 bits per heavy atom. The van der Waals surface area contributed by atoms with Crippen molar-refractivity contribution in [3.63, 3.8) is 0 Å². The average Bonchev–Trinajstić information content (AvgIpc) is 2.46. The SMILES string of the molecule is Cc1ccc2oc(CCO)cc2c1. The minimum Gasteiger partial charge on any atom is -0.461 e. The van der Waals surface area contributed by atoms with E-state index < -0.39 is 0 Å². The molecule has 1 aromatic heterocycles. The summed E-state index contributed by atoms with van der Waals surface area (Å²) < 4.78 is 5.50. The zero-order chi connectivity index (χ0) is 9.26. The normalized spacial score (nSPS) is 10.9. The van der Waals surface area contributed by atoms with E-state index in [-0.39, 0.29) is 6.61 Å². The highest BCUT2D eigenvalue weighted by Crippen LogP contribution is 2.20. The van der Waals surface area contributed by atoms with Gasteiger partial charge in [-0.1, -0.05) is 11.6 Å². The Bertz CT molecular complexity index is 415. The zero-order valence-electron chi connectivity index (χ0n) is 7.58. The highest BCUT2D eigenvalue weighted by molar-refractivity contribution is 5.78. The van der Waals surface area contributed by atoms with Crippen molar-refractivity contribution in [3.05, 3.63) is 35.6 Å². The summed E-state index contributed by atoms with van der Waals surface area (Å²) in [6.07, 6.45) is 0.591. The van der Waals surface area contributed by atoms with Gasteiger partial charge < -0.3 is 9.52 Å². The van der Waals surface area contributed by atoms with Gasteiger partial charge in [-0.3, -0.25) is 0 Å². The van der Waals surface area contributed by atoms with E-state index in [1.165, 1.54) is 5.56 Å². The Kier molecular flexibility index (Phi) is 2.07. The molecule has 0 atom stereocenters. The predicted molar refractivity (Wildman–Crippen MR) is 51.7 cm³/mol. The number of benzene rings is 1. The van der Waals surface area contributed by atoms with Crippen molar-refractivity contribution in [3.8, 4) is 0 Å². The van der Waals surface area contributed by atoms with Gasteiger partial charge in [0.2, 0.25) is 0 Å². The van der Waals surface area contributed by atoms with Crippen LogP contribution in [0.2, 0.25) is 0 Å². The summed E-state index contributed by atoms with van der Waals surface area (Å²) in [7, 11) is 0. The van der Waals surface area contributed by atoms with Crippen molar-refractivity contribution < 1.29 is 9.52 Å². The molecule has 2 aromatic rings. The van der Waals surface area contributed by atoms with Crippen LogP contribution in [-0.2, 0) is 6.42 Å². The molecule has 0 aliphatic heterocycles. The molecule has 0 aliphatic carbocycles. The van der Waals surface area contributed by atoms with E-state index >= 15 is 0 Å². The van der Waals surface area contributed by atoms with Crippen molar-refractivity contribution >= 4 is 11.0 Å². The van der Waals surface area contributed by atoms with E-state index in [2.05, 4.69) is 13.0 Å². The van der Waals surface area contributed by atoms with Crippen molar-refractivity contribution in [1.82, 2.24) is 0 Å². The minimum absolute atomic E-state index is 0.138. The molecule has 0 saturated heterocycles. The van der Waals surface area contributed by atoms with Crippen LogP contribution in [0.5, 0.6) is 0 Å². The van der Waals surface area contributed by atoms with Crippen LogP contribution in [0, 0.1) is 6.92 Å². The first-order valence-corrected chi connectivity index (χ1v) is 4.39. The highest BCUT2D eigenvalue weighted by atomic mass is 16.3. The lowest BCUT2D eigenvalue weighted by atomic mass is 10.2. The molecular formula is C11H12O2. The van der Waals surface area contributed by atoms with Gasteiger partial charge in [0.15, 0.2) is 0 Å². The predicted octanol–water partition coefficient (Wildman–Crippen LogP) is 2.28. The molecule has 1 N–H and O–H groups in total. The fourth-order valence-corrected chi connectivity index (χ4v) is 1.45. The Morgan fingerprint density at radius 2 is 2.15 bits per heavy atom. The average molecular weight is 176 g/mol. The Hall–Kier alpha value is -1.28. The summed E-state index contributed by atoms with van der Waals surface area (Å²) in [5.41, 5.74) is 2.12. The number of aryl methyl sites for hydroxylation is 1. The van der Waals surface area contributed by atoms with E-state index in [4.69, 9.17) is 9.52 Å². The van der Waals surface area contributed by atoms with Crippen LogP contribution in [0.15, 0.2) is 28.7 Å². The lowest BCUT2D eigenvalue weighted by molar-refractivity contribution is 0.289. The number of fused-ring (bicyclic) bond motifs is 1. The summed E-state index contributed by atoms with van der Waals surface area (Å²) in [5.74, 6) is 0.850. The third-order valence-corrected chi connectivity index (χ3v) is 2.08. The van der Waals surface area contributed by atoms with Gasteiger partial charge in [0.05, 0.1) is 6.61 Å². The van der Waals surface area contributed by atoms with Crippen LogP contribution in [0.25, 0.3) is 11.0 Å². The molecule has 68 valence electrons. The van der Waals surface area contributed by atoms with Gasteiger partial charge in [0, 0.05) is 11.8 Å². The van der Waals surface area contributed by atoms with E-state index in [0.717, 1.165) is 16.7 Å². The second-order valence-electron chi connectivity index (χ2n) is 3.23. The maximum atomic E-state index is 8.74. The molecule has 2 heteroatoms. The molecule has 0 unspecified atom stereocenters. The van der Waals surface area contributed by atoms with Gasteiger partial charge in [0.1, 0.15) is 11.3 Å². The fraction of sp³-hybridized carbons (Fsp3) is 0.273. The summed E-state index contributed by atoms with van der Waals surface area (Å²) >= 11 is 0. The molecule has 0 radical (unpaired) electrons. The molecule has 0 aliphatic rings. The van der Waals surface area contributed by atoms with Crippen LogP contribution in [0.1, 0.15) is 11.3 Å². The number of aliphatic hydroxyl groups is 1. The summed E-state index contributed by atoms with van der Waals surface area (Å²) in [4.78, 5) is 0. The third kappa shape index (κ3) is 1.58. The van der Waals surface area contributed by atoms with Crippen molar-refractivity contribution in [2.45, 2.75) is 13.3 Å². The monoisotopic (exact) mass is 176 g/mol. The van der Waals surface area contributed by atoms with Crippen LogP contribution in [-0.4, -0.2) is 11.7 Å². The third-order valence-electron chi connectivity index (χ3n) is 2.08. The standard InChI is InChI=1S/C11H12O2/c1-8-2-3-11-9(6-8)7-10(13-11)4-5-12/h2-3,6-7,12H,4-5H2,1H3. The molecule has 0 amide bonds. The molecule has 0 spiro atoms. The van der Waals surface area contributed by atoms with Crippen molar-refractivity contribution in [2.24, 2.45) is 0 Å². The summed E-state index contributed by atoms with van der Waals surface area (Å²) in [6, 6.07) is 8.05. The maximum absolute atomic E-state index is 8.74. The molecule has 13 heavy (non-hydrogen) atoms. The number of rotatable bonds is 2. The fourth-order valence-electron chi connectivity index (χ4n) is 1.45. The number of hydrogen-bond acceptors (Lipinski definition) is 2. The lowest BCUT2D eigenvalue weighted by Gasteiger charge is -1.89. The van der Waals surface area contributed by atoms with Crippen molar-refractivity contribution in [1.29, 1.82) is 0 Å². The lowest BCUT2D eigenvalue weighted by Crippen LogP contribution is -1.85. The first kappa shape index (κ1) is 8.32. The molecule has 0 fully saturated rings. The highest BCUT2D eigenvalue weighted by Gasteiger charge is 2.02. The van der Waals surface area contributed by atoms with Crippen LogP contribution in [0.3, 0.4) is 0 Å². The maximum Gasteiger partial charge on any atom is 0.134 e. The Balaban J connectivity index is 2.49. The number of hydrogen-bond donors (Lipinski definition) is 1. The van der Waals surface area contributed by atoms with Gasteiger partial charge in [0.25, 0.3) is 0 Å². The summed E-state index contributed by atoms with van der Waals surface area (Å²) in [6.45, 7) is 2.19. The molecule has 1 aromatic carbocycles. The smallest absolute Gasteiger partial charge is 0.134 e. The van der Waals surface area contributed by atoms with E-state index in [9.17, 15) is 0 Å². The topological polar surface area (TPSA) is 33.4 Å². The van der Waals surface area contributed by atoms with Gasteiger partial charge in [-0.25, -0.2) is 0 Å². The molecule has 0 saturated carbocycles. The summed E-state index contributed by atoms with van der Waals surface area (Å²) in [5, 5.41) is 9.85. The second-order valence-corrected chi connectivity index (χ2v) is 3.23. The van der Waals surface area contributed by atoms with Gasteiger partial charge in [-0.05, 0) is 25.1 Å². The van der Waals surface area contributed by atoms with Gasteiger partial charge in [-0.15, -0.1) is 0 Å². The number of furan rings is 1. The minimum atomic E-state index is 0.138. The Labute approximate surface area is 76.8 Å². The van der Waals surface area contributed by atoms with Gasteiger partial charge in [-0.2, -0.15) is 0 Å². The first-order valence-electron chi connectivity index (χ1n) is 4.39. The number of aliphatic hydroxyl groups excluding tert-OH is 1. The van der Waals surface area contributed by atoms with E-state index in [0.29, 0.717) is 6.42 Å². The molecular weight excluding hydrogens is 164 g/mol. The van der Waals surface area contributed by atoms with Crippen molar-refractivity contribution in [2.75, 3.05) is 6.61 Å². The molecule has 0 bridgehead atoms. The zero-order valence-corrected chi connectivity index (χ0v) is 7.58. The second kappa shape index (κ2) is 3.23. The van der Waals surface area contributed by atoms with Crippen LogP contribution < -0.4 is 0 Å². The quantitative estimate of drug-likeness (QED) is 0.761. The van der Waals surface area contributed by atoms with E-state index in [1.54, 1.807) is 0 Å².